The molecule has 1 atom stereocenters. The minimum Gasteiger partial charge on any atom is -0.478 e. The summed E-state index contributed by atoms with van der Waals surface area (Å²) in [4.78, 5) is 56.2. The van der Waals surface area contributed by atoms with Gasteiger partial charge in [-0.2, -0.15) is 0 Å². The highest BCUT2D eigenvalue weighted by molar-refractivity contribution is 7.80. The van der Waals surface area contributed by atoms with Gasteiger partial charge in [-0.15, -0.1) is 0 Å². The number of ether oxygens (including phenoxy) is 1. The number of carboxylic acids is 1. The molecule has 0 aliphatic rings. The number of methoxy groups -OCH3 is 1. The number of carbonyl (C=O) groups is 3. The van der Waals surface area contributed by atoms with Crippen molar-refractivity contribution in [1.29, 1.82) is 0 Å². The van der Waals surface area contributed by atoms with E-state index in [2.05, 4.69) is 20.6 Å². The fourth-order valence-corrected chi connectivity index (χ4v) is 5.01. The Hall–Kier alpha value is -5.16. The van der Waals surface area contributed by atoms with E-state index in [0.29, 0.717) is 27.9 Å². The highest BCUT2D eigenvalue weighted by atomic mass is 32.2. The van der Waals surface area contributed by atoms with Crippen LogP contribution in [0.15, 0.2) is 89.8 Å². The molecule has 4 rings (SSSR count). The molecule has 4 N–H and O–H groups in total. The average molecular weight is 667 g/mol. The van der Waals surface area contributed by atoms with E-state index < -0.39 is 28.9 Å². The van der Waals surface area contributed by atoms with Gasteiger partial charge < -0.3 is 19.3 Å². The first-order chi connectivity index (χ1) is 22.7. The Morgan fingerprint density at radius 2 is 1.60 bits per heavy atom. The second-order valence-electron chi connectivity index (χ2n) is 9.58. The van der Waals surface area contributed by atoms with E-state index in [1.165, 1.54) is 44.6 Å². The monoisotopic (exact) mass is 666 g/mol. The van der Waals surface area contributed by atoms with Crippen LogP contribution in [0.2, 0.25) is 0 Å². The van der Waals surface area contributed by atoms with Gasteiger partial charge in [-0.05, 0) is 71.3 Å². The Labute approximate surface area is 271 Å². The smallest absolute Gasteiger partial charge is 0.337 e. The summed E-state index contributed by atoms with van der Waals surface area (Å²) in [6, 6.07) is 21.4. The van der Waals surface area contributed by atoms with Crippen LogP contribution in [0.5, 0.6) is 5.75 Å². The number of nitrogens with one attached hydrogen (secondary N) is 2. The van der Waals surface area contributed by atoms with Gasteiger partial charge in [-0.25, -0.2) is 28.5 Å². The van der Waals surface area contributed by atoms with Crippen LogP contribution in [-0.4, -0.2) is 46.6 Å². The fraction of sp³-hybridized carbons (Fsp3) is 0.156. The molecular weight excluding hydrogens is 636 g/mol. The summed E-state index contributed by atoms with van der Waals surface area (Å²) in [6.45, 7) is -0.142. The molecule has 15 heteroatoms. The summed E-state index contributed by atoms with van der Waals surface area (Å²) in [7, 11) is 2.59. The van der Waals surface area contributed by atoms with Gasteiger partial charge in [-0.1, -0.05) is 24.3 Å². The first-order valence-electron chi connectivity index (χ1n) is 13.7. The van der Waals surface area contributed by atoms with Crippen molar-refractivity contribution in [1.82, 2.24) is 0 Å². The van der Waals surface area contributed by atoms with Crippen molar-refractivity contribution in [3.63, 3.8) is 0 Å². The number of rotatable bonds is 16. The molecule has 0 radical (unpaired) electrons. The molecule has 47 heavy (non-hydrogen) atoms. The van der Waals surface area contributed by atoms with Gasteiger partial charge in [0.2, 0.25) is 11.1 Å². The standard InChI is InChI=1S/C32H30N2O12S/c1-41-32(38)21-10-11-22(19-44-39)23(14-21)18-43-34-25-6-3-7-26(15-25)46-47(40)27-8-4-5-24(16-27)33-30(35)29-13-20(17-45-42-2)9-12-28(29)31(36)37/h3-16,34,39H,17-19H2,1-2H3,(H,33,35)(H,36,37). The third kappa shape index (κ3) is 9.67. The van der Waals surface area contributed by atoms with Crippen molar-refractivity contribution < 1.29 is 57.4 Å². The zero-order chi connectivity index (χ0) is 33.8. The van der Waals surface area contributed by atoms with Crippen molar-refractivity contribution in [2.75, 3.05) is 25.0 Å². The third-order valence-electron chi connectivity index (χ3n) is 6.46. The van der Waals surface area contributed by atoms with E-state index in [1.54, 1.807) is 54.6 Å². The molecule has 0 spiro atoms. The maximum absolute atomic E-state index is 13.1. The molecule has 1 amide bonds. The van der Waals surface area contributed by atoms with Crippen LogP contribution < -0.4 is 15.0 Å². The van der Waals surface area contributed by atoms with E-state index in [-0.39, 0.29) is 47.3 Å². The summed E-state index contributed by atoms with van der Waals surface area (Å²) in [5.74, 6) is -2.28. The Morgan fingerprint density at radius 3 is 2.34 bits per heavy atom. The number of hydrogen-bond donors (Lipinski definition) is 4. The first kappa shape index (κ1) is 34.7. The predicted molar refractivity (Wildman–Crippen MR) is 167 cm³/mol. The second kappa shape index (κ2) is 17.0. The van der Waals surface area contributed by atoms with Crippen molar-refractivity contribution >= 4 is 40.3 Å². The predicted octanol–water partition coefficient (Wildman–Crippen LogP) is 5.14. The Morgan fingerprint density at radius 1 is 0.809 bits per heavy atom. The number of hydrogen-bond acceptors (Lipinski definition) is 12. The molecule has 246 valence electrons. The lowest BCUT2D eigenvalue weighted by Gasteiger charge is -2.13. The molecular formula is C32H30N2O12S. The number of benzene rings is 4. The minimum absolute atomic E-state index is 0.00275. The number of anilines is 2. The lowest BCUT2D eigenvalue weighted by Crippen LogP contribution is -2.17. The summed E-state index contributed by atoms with van der Waals surface area (Å²) >= 11 is -2.01. The molecule has 0 fully saturated rings. The molecule has 0 aliphatic carbocycles. The van der Waals surface area contributed by atoms with Crippen molar-refractivity contribution in [2.45, 2.75) is 24.7 Å². The number of amides is 1. The van der Waals surface area contributed by atoms with Crippen LogP contribution in [-0.2, 0) is 55.1 Å². The molecule has 0 aromatic heterocycles. The van der Waals surface area contributed by atoms with Crippen LogP contribution in [0.3, 0.4) is 0 Å². The number of esters is 1. The third-order valence-corrected chi connectivity index (χ3v) is 7.44. The van der Waals surface area contributed by atoms with E-state index in [9.17, 15) is 23.7 Å². The molecule has 14 nitrogen and oxygen atoms in total. The molecule has 0 aliphatic heterocycles. The van der Waals surface area contributed by atoms with E-state index in [1.807, 2.05) is 0 Å². The maximum atomic E-state index is 13.1. The van der Waals surface area contributed by atoms with Crippen LogP contribution in [0.4, 0.5) is 11.4 Å². The summed E-state index contributed by atoms with van der Waals surface area (Å²) < 4.78 is 23.5. The second-order valence-corrected chi connectivity index (χ2v) is 10.7. The Kier molecular flexibility index (Phi) is 12.5. The normalized spacial score (nSPS) is 11.4. The largest absolute Gasteiger partial charge is 0.478 e. The Balaban J connectivity index is 1.40. The van der Waals surface area contributed by atoms with Gasteiger partial charge in [0.05, 0.1) is 41.5 Å². The van der Waals surface area contributed by atoms with Gasteiger partial charge in [0.1, 0.15) is 25.6 Å². The Bertz CT molecular complexity index is 1760. The van der Waals surface area contributed by atoms with Gasteiger partial charge in [0.15, 0.2) is 0 Å². The highest BCUT2D eigenvalue weighted by Gasteiger charge is 2.19. The van der Waals surface area contributed by atoms with Gasteiger partial charge in [-0.3, -0.25) is 20.4 Å². The molecule has 4 aromatic rings. The quantitative estimate of drug-likeness (QED) is 0.0700. The molecule has 0 saturated carbocycles. The molecule has 1 unspecified atom stereocenters. The number of aromatic carboxylic acids is 1. The number of carboxylic acid groups (broad SMARTS) is 1. The zero-order valence-corrected chi connectivity index (χ0v) is 25.9. The summed E-state index contributed by atoms with van der Waals surface area (Å²) in [5.41, 5.74) is 5.10. The van der Waals surface area contributed by atoms with Gasteiger partial charge >= 0.3 is 11.9 Å². The van der Waals surface area contributed by atoms with Crippen LogP contribution in [0, 0.1) is 0 Å². The summed E-state index contributed by atoms with van der Waals surface area (Å²) in [6.07, 6.45) is 0. The van der Waals surface area contributed by atoms with Crippen LogP contribution >= 0.6 is 0 Å². The van der Waals surface area contributed by atoms with E-state index in [4.69, 9.17) is 23.9 Å². The topological polar surface area (TPSA) is 188 Å². The molecule has 0 bridgehead atoms. The molecule has 4 aromatic carbocycles. The van der Waals surface area contributed by atoms with Gasteiger partial charge in [0.25, 0.3) is 5.91 Å². The SMILES string of the molecule is COOCc1ccc(C(=O)O)c(C(=O)Nc2cccc(S(=O)Oc3cccc(NOCc4cc(C(=O)OC)ccc4COO)c3)c2)c1. The summed E-state index contributed by atoms with van der Waals surface area (Å²) in [5, 5.41) is 21.1. The highest BCUT2D eigenvalue weighted by Crippen LogP contribution is 2.23. The van der Waals surface area contributed by atoms with Crippen molar-refractivity contribution in [3.8, 4) is 5.75 Å². The van der Waals surface area contributed by atoms with E-state index >= 15 is 0 Å². The maximum Gasteiger partial charge on any atom is 0.337 e. The van der Waals surface area contributed by atoms with Crippen LogP contribution in [0.1, 0.15) is 47.8 Å². The van der Waals surface area contributed by atoms with Crippen molar-refractivity contribution in [2.24, 2.45) is 0 Å². The van der Waals surface area contributed by atoms with Crippen LogP contribution in [0.25, 0.3) is 0 Å². The fourth-order valence-electron chi connectivity index (χ4n) is 4.22. The number of carbonyl (C=O) groups excluding carboxylic acids is 2. The lowest BCUT2D eigenvalue weighted by molar-refractivity contribution is -0.282. The zero-order valence-electron chi connectivity index (χ0n) is 25.1. The lowest BCUT2D eigenvalue weighted by atomic mass is 10.0. The molecule has 0 heterocycles. The van der Waals surface area contributed by atoms with Gasteiger partial charge in [0, 0.05) is 11.8 Å². The van der Waals surface area contributed by atoms with Crippen molar-refractivity contribution in [3.05, 3.63) is 118 Å². The average Bonchev–Trinajstić information content (AvgIpc) is 3.07. The van der Waals surface area contributed by atoms with E-state index in [0.717, 1.165) is 0 Å². The minimum atomic E-state index is -2.01. The molecule has 0 saturated heterocycles. The first-order valence-corrected chi connectivity index (χ1v) is 14.8.